The van der Waals surface area contributed by atoms with Crippen LogP contribution in [-0.4, -0.2) is 31.0 Å². The maximum absolute atomic E-state index is 11.7. The normalized spacial score (nSPS) is 16.9. The first-order valence-electron chi connectivity index (χ1n) is 5.29. The Balaban J connectivity index is 2.91. The van der Waals surface area contributed by atoms with Gasteiger partial charge >= 0.3 is 15.2 Å². The third kappa shape index (κ3) is 4.69. The Morgan fingerprint density at radius 2 is 1.68 bits per heavy atom. The molecule has 0 unspecified atom stereocenters. The molecule has 1 rings (SSSR count). The topological polar surface area (TPSA) is 144 Å². The van der Waals surface area contributed by atoms with Crippen molar-refractivity contribution in [3.8, 4) is 0 Å². The summed E-state index contributed by atoms with van der Waals surface area (Å²) in [6.45, 7) is 1.86. The SMILES string of the molecule is CC1=CC=C(C(=O)NC(P(=O)(O)O)P(=O)(O)O)CC1. The number of nitrogens with one attached hydrogen (secondary N) is 1. The molecule has 0 spiro atoms. The first kappa shape index (κ1) is 16.3. The molecular weight excluding hydrogens is 296 g/mol. The van der Waals surface area contributed by atoms with E-state index in [1.54, 1.807) is 11.4 Å². The van der Waals surface area contributed by atoms with Gasteiger partial charge in [-0.15, -0.1) is 0 Å². The minimum absolute atomic E-state index is 0.220. The zero-order chi connectivity index (χ0) is 14.8. The number of carbonyl (C=O) groups is 1. The van der Waals surface area contributed by atoms with E-state index in [1.165, 1.54) is 6.08 Å². The number of amides is 1. The van der Waals surface area contributed by atoms with E-state index >= 15 is 0 Å². The molecule has 0 aliphatic heterocycles. The number of hydrogen-bond donors (Lipinski definition) is 5. The fourth-order valence-electron chi connectivity index (χ4n) is 1.50. The van der Waals surface area contributed by atoms with Crippen LogP contribution in [0.1, 0.15) is 19.8 Å². The number of carbonyl (C=O) groups excluding carboxylic acids is 1. The molecular formula is C9H15NO7P2. The largest absolute Gasteiger partial charge is 0.360 e. The highest BCUT2D eigenvalue weighted by atomic mass is 31.2. The minimum atomic E-state index is -5.15. The molecule has 0 aromatic rings. The fraction of sp³-hybridized carbons (Fsp3) is 0.444. The van der Waals surface area contributed by atoms with Gasteiger partial charge < -0.3 is 24.9 Å². The molecule has 108 valence electrons. The van der Waals surface area contributed by atoms with Gasteiger partial charge in [-0.2, -0.15) is 0 Å². The lowest BCUT2D eigenvalue weighted by Gasteiger charge is -2.22. The Morgan fingerprint density at radius 1 is 1.16 bits per heavy atom. The van der Waals surface area contributed by atoms with E-state index in [1.807, 2.05) is 6.92 Å². The Hall–Kier alpha value is -0.750. The molecule has 0 fully saturated rings. The van der Waals surface area contributed by atoms with Gasteiger partial charge in [0.15, 0.2) is 0 Å². The zero-order valence-electron chi connectivity index (χ0n) is 10.1. The zero-order valence-corrected chi connectivity index (χ0v) is 11.8. The molecule has 1 aliphatic rings. The van der Waals surface area contributed by atoms with Gasteiger partial charge in [0.2, 0.25) is 11.4 Å². The van der Waals surface area contributed by atoms with E-state index in [-0.39, 0.29) is 5.57 Å². The highest BCUT2D eigenvalue weighted by Gasteiger charge is 2.44. The molecule has 19 heavy (non-hydrogen) atoms. The molecule has 8 nitrogen and oxygen atoms in total. The molecule has 1 amide bonds. The first-order chi connectivity index (χ1) is 8.51. The molecule has 0 aromatic heterocycles. The van der Waals surface area contributed by atoms with Crippen LogP contribution in [0.15, 0.2) is 23.3 Å². The predicted octanol–water partition coefficient (Wildman–Crippen LogP) is 0.408. The summed E-state index contributed by atoms with van der Waals surface area (Å²) in [5.74, 6) is -0.889. The van der Waals surface area contributed by atoms with Crippen molar-refractivity contribution < 1.29 is 33.5 Å². The first-order valence-corrected chi connectivity index (χ1v) is 8.66. The molecule has 0 radical (unpaired) electrons. The summed E-state index contributed by atoms with van der Waals surface area (Å²) in [7, 11) is -10.3. The average Bonchev–Trinajstić information content (AvgIpc) is 2.23. The van der Waals surface area contributed by atoms with Crippen molar-refractivity contribution in [2.24, 2.45) is 0 Å². The summed E-state index contributed by atoms with van der Waals surface area (Å²) in [5, 5.41) is 1.72. The molecule has 0 atom stereocenters. The summed E-state index contributed by atoms with van der Waals surface area (Å²) >= 11 is 0. The lowest BCUT2D eigenvalue weighted by molar-refractivity contribution is -0.117. The quantitative estimate of drug-likeness (QED) is 0.473. The van der Waals surface area contributed by atoms with Gasteiger partial charge in [-0.3, -0.25) is 13.9 Å². The Labute approximate surface area is 109 Å². The van der Waals surface area contributed by atoms with Gasteiger partial charge in [-0.25, -0.2) is 0 Å². The van der Waals surface area contributed by atoms with Crippen molar-refractivity contribution in [2.45, 2.75) is 25.3 Å². The second-order valence-electron chi connectivity index (χ2n) is 4.23. The van der Waals surface area contributed by atoms with Crippen LogP contribution >= 0.6 is 15.2 Å². The van der Waals surface area contributed by atoms with E-state index in [9.17, 15) is 13.9 Å². The lowest BCUT2D eigenvalue weighted by Crippen LogP contribution is -2.35. The molecule has 5 N–H and O–H groups in total. The Morgan fingerprint density at radius 3 is 2.05 bits per heavy atom. The van der Waals surface area contributed by atoms with Crippen LogP contribution in [0.25, 0.3) is 0 Å². The summed E-state index contributed by atoms with van der Waals surface area (Å²) in [4.78, 5) is 47.2. The van der Waals surface area contributed by atoms with Crippen molar-refractivity contribution in [3.05, 3.63) is 23.3 Å². The molecule has 0 saturated heterocycles. The smallest absolute Gasteiger partial charge is 0.328 e. The van der Waals surface area contributed by atoms with Crippen LogP contribution < -0.4 is 5.32 Å². The van der Waals surface area contributed by atoms with E-state index in [2.05, 4.69) is 0 Å². The summed E-state index contributed by atoms with van der Waals surface area (Å²) in [5.41, 5.74) is -1.25. The maximum atomic E-state index is 11.7. The van der Waals surface area contributed by atoms with Crippen molar-refractivity contribution in [2.75, 3.05) is 0 Å². The lowest BCUT2D eigenvalue weighted by atomic mass is 9.99. The second-order valence-corrected chi connectivity index (χ2v) is 8.03. The van der Waals surface area contributed by atoms with Crippen molar-refractivity contribution in [1.82, 2.24) is 5.32 Å². The third-order valence-electron chi connectivity index (χ3n) is 2.55. The fourth-order valence-corrected chi connectivity index (χ4v) is 3.64. The molecule has 0 bridgehead atoms. The van der Waals surface area contributed by atoms with Gasteiger partial charge in [0.05, 0.1) is 0 Å². The van der Waals surface area contributed by atoms with E-state index < -0.39 is 26.6 Å². The number of allylic oxidation sites excluding steroid dienone is 3. The predicted molar refractivity (Wildman–Crippen MR) is 67.1 cm³/mol. The summed E-state index contributed by atoms with van der Waals surface area (Å²) < 4.78 is 22.0. The van der Waals surface area contributed by atoms with Gasteiger partial charge in [0.1, 0.15) is 0 Å². The highest BCUT2D eigenvalue weighted by Crippen LogP contribution is 2.58. The summed E-state index contributed by atoms with van der Waals surface area (Å²) in [6, 6.07) is 0. The minimum Gasteiger partial charge on any atom is -0.328 e. The number of hydrogen-bond acceptors (Lipinski definition) is 3. The molecule has 1 aliphatic carbocycles. The van der Waals surface area contributed by atoms with Crippen LogP contribution in [0, 0.1) is 0 Å². The number of rotatable bonds is 4. The molecule has 0 heterocycles. The van der Waals surface area contributed by atoms with Crippen LogP contribution in [0.3, 0.4) is 0 Å². The van der Waals surface area contributed by atoms with Crippen LogP contribution in [0.4, 0.5) is 0 Å². The Kier molecular flexibility index (Phi) is 4.90. The molecule has 0 saturated carbocycles. The summed E-state index contributed by atoms with van der Waals surface area (Å²) in [6.07, 6.45) is 4.09. The standard InChI is InChI=1S/C9H15NO7P2/c1-6-2-4-7(5-3-6)8(11)10-9(18(12,13)14)19(15,16)17/h2,4,9H,3,5H2,1H3,(H,10,11)(H2,12,13,14)(H2,15,16,17). The monoisotopic (exact) mass is 311 g/mol. The molecule has 10 heteroatoms. The van der Waals surface area contributed by atoms with Crippen LogP contribution in [0.2, 0.25) is 0 Å². The maximum Gasteiger partial charge on any atom is 0.360 e. The van der Waals surface area contributed by atoms with Gasteiger partial charge in [-0.1, -0.05) is 17.7 Å². The van der Waals surface area contributed by atoms with Gasteiger partial charge in [-0.05, 0) is 19.8 Å². The second kappa shape index (κ2) is 5.71. The van der Waals surface area contributed by atoms with Gasteiger partial charge in [0.25, 0.3) is 0 Å². The highest BCUT2D eigenvalue weighted by molar-refractivity contribution is 7.70. The van der Waals surface area contributed by atoms with E-state index in [4.69, 9.17) is 19.6 Å². The molecule has 0 aromatic carbocycles. The Bertz CT molecular complexity index is 505. The van der Waals surface area contributed by atoms with Crippen molar-refractivity contribution >= 4 is 21.1 Å². The van der Waals surface area contributed by atoms with E-state index in [0.717, 1.165) is 5.57 Å². The third-order valence-corrected chi connectivity index (χ3v) is 5.88. The van der Waals surface area contributed by atoms with Crippen molar-refractivity contribution in [3.63, 3.8) is 0 Å². The van der Waals surface area contributed by atoms with Crippen LogP contribution in [0.5, 0.6) is 0 Å². The van der Waals surface area contributed by atoms with Gasteiger partial charge in [0, 0.05) is 5.57 Å². The van der Waals surface area contributed by atoms with E-state index in [0.29, 0.717) is 12.8 Å². The van der Waals surface area contributed by atoms with Crippen molar-refractivity contribution in [1.29, 1.82) is 0 Å². The average molecular weight is 311 g/mol. The van der Waals surface area contributed by atoms with Crippen LogP contribution in [-0.2, 0) is 13.9 Å².